The van der Waals surface area contributed by atoms with E-state index in [0.29, 0.717) is 11.4 Å². The molecule has 92 valence electrons. The van der Waals surface area contributed by atoms with E-state index in [1.54, 1.807) is 18.3 Å². The number of ether oxygens (including phenoxy) is 1. The van der Waals surface area contributed by atoms with E-state index >= 15 is 0 Å². The number of methoxy groups -OCH3 is 1. The Hall–Kier alpha value is -1.62. The van der Waals surface area contributed by atoms with Gasteiger partial charge in [-0.05, 0) is 25.0 Å². The number of esters is 1. The molecule has 1 aromatic rings. The number of aliphatic hydroxyl groups is 1. The van der Waals surface area contributed by atoms with Crippen molar-refractivity contribution in [2.45, 2.75) is 18.9 Å². The summed E-state index contributed by atoms with van der Waals surface area (Å²) < 4.78 is 4.74. The van der Waals surface area contributed by atoms with Gasteiger partial charge >= 0.3 is 5.97 Å². The van der Waals surface area contributed by atoms with E-state index in [0.717, 1.165) is 19.4 Å². The highest BCUT2D eigenvalue weighted by Gasteiger charge is 2.28. The molecule has 17 heavy (non-hydrogen) atoms. The van der Waals surface area contributed by atoms with Crippen LogP contribution in [0.3, 0.4) is 0 Å². The molecule has 1 aliphatic heterocycles. The number of carbonyl (C=O) groups is 1. The van der Waals surface area contributed by atoms with Crippen LogP contribution in [0.1, 0.15) is 23.2 Å². The van der Waals surface area contributed by atoms with Gasteiger partial charge < -0.3 is 14.7 Å². The fraction of sp³-hybridized carbons (Fsp3) is 0.500. The molecular weight excluding hydrogens is 220 g/mol. The highest BCUT2D eigenvalue weighted by Crippen LogP contribution is 2.26. The Labute approximate surface area is 100 Å². The van der Waals surface area contributed by atoms with Crippen LogP contribution in [-0.4, -0.2) is 42.4 Å². The van der Waals surface area contributed by atoms with Crippen LogP contribution in [0.15, 0.2) is 18.3 Å². The molecule has 1 N–H and O–H groups in total. The molecule has 1 aromatic heterocycles. The predicted octanol–water partition coefficient (Wildman–Crippen LogP) is 0.829. The maximum Gasteiger partial charge on any atom is 0.341 e. The number of pyridine rings is 1. The van der Waals surface area contributed by atoms with Crippen molar-refractivity contribution in [3.8, 4) is 0 Å². The molecule has 0 amide bonds. The molecule has 5 heteroatoms. The third-order valence-corrected chi connectivity index (χ3v) is 3.05. The SMILES string of the molecule is COC(=O)c1cccnc1N1CCCC1CO. The topological polar surface area (TPSA) is 62.7 Å². The van der Waals surface area contributed by atoms with Crippen molar-refractivity contribution >= 4 is 11.8 Å². The zero-order valence-corrected chi connectivity index (χ0v) is 9.80. The quantitative estimate of drug-likeness (QED) is 0.787. The lowest BCUT2D eigenvalue weighted by atomic mass is 10.2. The van der Waals surface area contributed by atoms with Crippen molar-refractivity contribution in [2.24, 2.45) is 0 Å². The van der Waals surface area contributed by atoms with Gasteiger partial charge in [-0.1, -0.05) is 0 Å². The molecule has 1 fully saturated rings. The van der Waals surface area contributed by atoms with Crippen LogP contribution in [0.5, 0.6) is 0 Å². The van der Waals surface area contributed by atoms with Crippen LogP contribution in [0.25, 0.3) is 0 Å². The molecule has 1 unspecified atom stereocenters. The Balaban J connectivity index is 2.34. The van der Waals surface area contributed by atoms with Gasteiger partial charge in [0.2, 0.25) is 0 Å². The number of carbonyl (C=O) groups excluding carboxylic acids is 1. The van der Waals surface area contributed by atoms with Crippen LogP contribution in [0.4, 0.5) is 5.82 Å². The zero-order valence-electron chi connectivity index (χ0n) is 9.80. The van der Waals surface area contributed by atoms with Crippen molar-refractivity contribution in [1.82, 2.24) is 4.98 Å². The van der Waals surface area contributed by atoms with E-state index in [1.165, 1.54) is 7.11 Å². The summed E-state index contributed by atoms with van der Waals surface area (Å²) in [6, 6.07) is 3.45. The van der Waals surface area contributed by atoms with Crippen LogP contribution in [0.2, 0.25) is 0 Å². The minimum atomic E-state index is -0.392. The molecule has 0 saturated carbocycles. The third-order valence-electron chi connectivity index (χ3n) is 3.05. The summed E-state index contributed by atoms with van der Waals surface area (Å²) >= 11 is 0. The fourth-order valence-corrected chi connectivity index (χ4v) is 2.20. The molecule has 1 saturated heterocycles. The van der Waals surface area contributed by atoms with Gasteiger partial charge in [0.1, 0.15) is 11.4 Å². The molecule has 0 aliphatic carbocycles. The molecular formula is C12H16N2O3. The first-order chi connectivity index (χ1) is 8.27. The lowest BCUT2D eigenvalue weighted by Crippen LogP contribution is -2.34. The second-order valence-corrected chi connectivity index (χ2v) is 4.04. The number of hydrogen-bond donors (Lipinski definition) is 1. The lowest BCUT2D eigenvalue weighted by Gasteiger charge is -2.25. The summed E-state index contributed by atoms with van der Waals surface area (Å²) in [6.45, 7) is 0.892. The summed E-state index contributed by atoms with van der Waals surface area (Å²) in [4.78, 5) is 17.9. The fourth-order valence-electron chi connectivity index (χ4n) is 2.20. The van der Waals surface area contributed by atoms with Gasteiger partial charge in [-0.15, -0.1) is 0 Å². The standard InChI is InChI=1S/C12H16N2O3/c1-17-12(16)10-5-2-6-13-11(10)14-7-3-4-9(14)8-15/h2,5-6,9,15H,3-4,7-8H2,1H3. The average molecular weight is 236 g/mol. The Morgan fingerprint density at radius 2 is 2.53 bits per heavy atom. The maximum absolute atomic E-state index is 11.6. The van der Waals surface area contributed by atoms with Gasteiger partial charge in [-0.2, -0.15) is 0 Å². The summed E-state index contributed by atoms with van der Waals surface area (Å²) in [6.07, 6.45) is 3.57. The van der Waals surface area contributed by atoms with E-state index < -0.39 is 5.97 Å². The van der Waals surface area contributed by atoms with Crippen molar-refractivity contribution in [2.75, 3.05) is 25.2 Å². The van der Waals surface area contributed by atoms with Gasteiger partial charge in [0.15, 0.2) is 0 Å². The first kappa shape index (κ1) is 11.9. The van der Waals surface area contributed by atoms with E-state index in [1.807, 2.05) is 4.90 Å². The van der Waals surface area contributed by atoms with Gasteiger partial charge in [0, 0.05) is 12.7 Å². The van der Waals surface area contributed by atoms with Crippen molar-refractivity contribution in [3.05, 3.63) is 23.9 Å². The summed E-state index contributed by atoms with van der Waals surface area (Å²) in [5, 5.41) is 9.30. The Kier molecular flexibility index (Phi) is 3.58. The Bertz CT molecular complexity index is 408. The number of anilines is 1. The number of hydrogen-bond acceptors (Lipinski definition) is 5. The van der Waals surface area contributed by atoms with Gasteiger partial charge in [-0.25, -0.2) is 9.78 Å². The normalized spacial score (nSPS) is 19.4. The van der Waals surface area contributed by atoms with E-state index in [2.05, 4.69) is 4.98 Å². The second-order valence-electron chi connectivity index (χ2n) is 4.04. The average Bonchev–Trinajstić information content (AvgIpc) is 2.86. The van der Waals surface area contributed by atoms with E-state index in [-0.39, 0.29) is 12.6 Å². The minimum absolute atomic E-state index is 0.0494. The molecule has 2 heterocycles. The second kappa shape index (κ2) is 5.14. The van der Waals surface area contributed by atoms with Gasteiger partial charge in [0.05, 0.1) is 19.8 Å². The van der Waals surface area contributed by atoms with Crippen LogP contribution in [0, 0.1) is 0 Å². The first-order valence-corrected chi connectivity index (χ1v) is 5.68. The van der Waals surface area contributed by atoms with Crippen LogP contribution >= 0.6 is 0 Å². The zero-order chi connectivity index (χ0) is 12.3. The van der Waals surface area contributed by atoms with Crippen LogP contribution < -0.4 is 4.90 Å². The largest absolute Gasteiger partial charge is 0.465 e. The Morgan fingerprint density at radius 1 is 1.71 bits per heavy atom. The van der Waals surface area contributed by atoms with Gasteiger partial charge in [0.25, 0.3) is 0 Å². The number of rotatable bonds is 3. The molecule has 0 spiro atoms. The molecule has 0 radical (unpaired) electrons. The smallest absolute Gasteiger partial charge is 0.341 e. The van der Waals surface area contributed by atoms with Crippen LogP contribution in [-0.2, 0) is 4.74 Å². The molecule has 0 aromatic carbocycles. The van der Waals surface area contributed by atoms with E-state index in [9.17, 15) is 9.90 Å². The highest BCUT2D eigenvalue weighted by atomic mass is 16.5. The maximum atomic E-state index is 11.6. The molecule has 5 nitrogen and oxygen atoms in total. The summed E-state index contributed by atoms with van der Waals surface area (Å²) in [5.74, 6) is 0.215. The minimum Gasteiger partial charge on any atom is -0.465 e. The number of nitrogens with zero attached hydrogens (tertiary/aromatic N) is 2. The first-order valence-electron chi connectivity index (χ1n) is 5.68. The number of aromatic nitrogens is 1. The summed E-state index contributed by atoms with van der Waals surface area (Å²) in [7, 11) is 1.35. The highest BCUT2D eigenvalue weighted by molar-refractivity contribution is 5.94. The van der Waals surface area contributed by atoms with Crippen molar-refractivity contribution in [1.29, 1.82) is 0 Å². The number of aliphatic hydroxyl groups excluding tert-OH is 1. The predicted molar refractivity (Wildman–Crippen MR) is 63.0 cm³/mol. The molecule has 1 atom stereocenters. The monoisotopic (exact) mass is 236 g/mol. The molecule has 1 aliphatic rings. The lowest BCUT2D eigenvalue weighted by molar-refractivity contribution is 0.0601. The summed E-state index contributed by atoms with van der Waals surface area (Å²) in [5.41, 5.74) is 0.454. The third kappa shape index (κ3) is 2.24. The van der Waals surface area contributed by atoms with Crippen molar-refractivity contribution < 1.29 is 14.6 Å². The Morgan fingerprint density at radius 3 is 3.24 bits per heavy atom. The molecule has 0 bridgehead atoms. The van der Waals surface area contributed by atoms with Crippen molar-refractivity contribution in [3.63, 3.8) is 0 Å². The van der Waals surface area contributed by atoms with E-state index in [4.69, 9.17) is 4.74 Å². The molecule has 2 rings (SSSR count). The van der Waals surface area contributed by atoms with Gasteiger partial charge in [-0.3, -0.25) is 0 Å².